The van der Waals surface area contributed by atoms with Crippen molar-refractivity contribution in [2.75, 3.05) is 5.75 Å². The van der Waals surface area contributed by atoms with Gasteiger partial charge in [0, 0.05) is 5.75 Å². The van der Waals surface area contributed by atoms with Crippen molar-refractivity contribution in [2.24, 2.45) is 0 Å². The van der Waals surface area contributed by atoms with Crippen molar-refractivity contribution < 1.29 is 69.5 Å². The normalized spacial score (nSPS) is 13.3. The zero-order chi connectivity index (χ0) is 11.0. The van der Waals surface area contributed by atoms with Crippen molar-refractivity contribution >= 4 is 10.1 Å². The Bertz CT molecular complexity index is 228. The second-order valence-electron chi connectivity index (χ2n) is 3.55. The Kier molecular flexibility index (Phi) is 13.4. The molecular formula is C9H19KO4S. The van der Waals surface area contributed by atoms with E-state index in [1.54, 1.807) is 0 Å². The average Bonchev–Trinajstić information content (AvgIpc) is 2.02. The third-order valence-electron chi connectivity index (χ3n) is 2.07. The summed E-state index contributed by atoms with van der Waals surface area (Å²) in [5.41, 5.74) is 0. The fourth-order valence-electron chi connectivity index (χ4n) is 1.27. The van der Waals surface area contributed by atoms with Gasteiger partial charge in [0.05, 0.1) is 16.2 Å². The predicted molar refractivity (Wildman–Crippen MR) is 53.9 cm³/mol. The van der Waals surface area contributed by atoms with E-state index in [9.17, 15) is 18.1 Å². The molecule has 0 heterocycles. The molecule has 15 heavy (non-hydrogen) atoms. The van der Waals surface area contributed by atoms with Crippen LogP contribution in [0.15, 0.2) is 0 Å². The van der Waals surface area contributed by atoms with Crippen molar-refractivity contribution in [3.8, 4) is 0 Å². The molecule has 1 unspecified atom stereocenters. The molecule has 0 bridgehead atoms. The maximum absolute atomic E-state index is 10.2. The molecule has 0 aromatic carbocycles. The summed E-state index contributed by atoms with van der Waals surface area (Å²) in [5, 5.41) is 9.38. The van der Waals surface area contributed by atoms with Gasteiger partial charge in [-0.05, 0) is 19.3 Å². The van der Waals surface area contributed by atoms with Gasteiger partial charge in [0.1, 0.15) is 0 Å². The van der Waals surface area contributed by atoms with Crippen LogP contribution in [0.5, 0.6) is 0 Å². The molecule has 0 aromatic rings. The fourth-order valence-corrected chi connectivity index (χ4v) is 1.79. The van der Waals surface area contributed by atoms with E-state index in [-0.39, 0.29) is 63.6 Å². The quantitative estimate of drug-likeness (QED) is 0.320. The molecule has 0 saturated heterocycles. The molecule has 86 valence electrons. The Morgan fingerprint density at radius 3 is 2.20 bits per heavy atom. The molecule has 0 radical (unpaired) electrons. The van der Waals surface area contributed by atoms with Crippen molar-refractivity contribution in [1.29, 1.82) is 0 Å². The zero-order valence-electron chi connectivity index (χ0n) is 9.61. The summed E-state index contributed by atoms with van der Waals surface area (Å²) in [6.45, 7) is 2.08. The van der Waals surface area contributed by atoms with Crippen molar-refractivity contribution in [1.82, 2.24) is 0 Å². The zero-order valence-corrected chi connectivity index (χ0v) is 13.5. The van der Waals surface area contributed by atoms with E-state index in [1.165, 1.54) is 0 Å². The summed E-state index contributed by atoms with van der Waals surface area (Å²) >= 11 is 0. The first-order valence-corrected chi connectivity index (χ1v) is 6.65. The molecule has 1 N–H and O–H groups in total. The molecule has 0 spiro atoms. The first kappa shape index (κ1) is 18.9. The smallest absolute Gasteiger partial charge is 0.748 e. The van der Waals surface area contributed by atoms with Crippen LogP contribution in [0.4, 0.5) is 0 Å². The molecule has 1 atom stereocenters. The van der Waals surface area contributed by atoms with Crippen LogP contribution in [0.1, 0.15) is 45.4 Å². The van der Waals surface area contributed by atoms with Gasteiger partial charge < -0.3 is 9.66 Å². The minimum Gasteiger partial charge on any atom is -0.748 e. The Morgan fingerprint density at radius 2 is 1.73 bits per heavy atom. The Labute approximate surface area is 135 Å². The molecule has 0 fully saturated rings. The molecular weight excluding hydrogens is 243 g/mol. The van der Waals surface area contributed by atoms with Gasteiger partial charge in [-0.15, -0.1) is 0 Å². The van der Waals surface area contributed by atoms with Crippen molar-refractivity contribution in [2.45, 2.75) is 51.6 Å². The molecule has 0 aromatic heterocycles. The first-order valence-electron chi connectivity index (χ1n) is 5.07. The molecule has 6 heteroatoms. The van der Waals surface area contributed by atoms with Crippen LogP contribution in [-0.2, 0) is 10.1 Å². The maximum atomic E-state index is 10.2. The van der Waals surface area contributed by atoms with Crippen molar-refractivity contribution in [3.05, 3.63) is 0 Å². The van der Waals surface area contributed by atoms with E-state index in [1.807, 2.05) is 0 Å². The summed E-state index contributed by atoms with van der Waals surface area (Å²) in [6, 6.07) is 0. The standard InChI is InChI=1S/C9H20O4S.K/c1-2-3-4-6-9(10)7-5-8-14(11,12)13;/h9-10H,2-8H2,1H3,(H,11,12,13);/q;+1/p-1. The third-order valence-corrected chi connectivity index (χ3v) is 2.86. The maximum Gasteiger partial charge on any atom is 1.00 e. The van der Waals surface area contributed by atoms with Gasteiger partial charge in [0.2, 0.25) is 0 Å². The van der Waals surface area contributed by atoms with Gasteiger partial charge in [-0.3, -0.25) is 0 Å². The van der Waals surface area contributed by atoms with Crippen LogP contribution in [0, 0.1) is 0 Å². The molecule has 0 saturated carbocycles. The third kappa shape index (κ3) is 15.5. The Morgan fingerprint density at radius 1 is 1.20 bits per heavy atom. The van der Waals surface area contributed by atoms with E-state index >= 15 is 0 Å². The van der Waals surface area contributed by atoms with Crippen LogP contribution >= 0.6 is 0 Å². The monoisotopic (exact) mass is 262 g/mol. The fraction of sp³-hybridized carbons (Fsp3) is 1.00. The SMILES string of the molecule is CCCCCC(O)CCCS(=O)(=O)[O-].[K+]. The molecule has 0 aliphatic rings. The van der Waals surface area contributed by atoms with E-state index < -0.39 is 16.2 Å². The van der Waals surface area contributed by atoms with Gasteiger partial charge in [0.15, 0.2) is 0 Å². The van der Waals surface area contributed by atoms with Crippen LogP contribution in [-0.4, -0.2) is 29.9 Å². The number of unbranched alkanes of at least 4 members (excludes halogenated alkanes) is 2. The summed E-state index contributed by atoms with van der Waals surface area (Å²) < 4.78 is 30.7. The second kappa shape index (κ2) is 10.6. The van der Waals surface area contributed by atoms with Crippen LogP contribution in [0.25, 0.3) is 0 Å². The van der Waals surface area contributed by atoms with Crippen LogP contribution in [0.3, 0.4) is 0 Å². The van der Waals surface area contributed by atoms with Crippen LogP contribution < -0.4 is 51.4 Å². The Hall–Kier alpha value is 1.51. The second-order valence-corrected chi connectivity index (χ2v) is 5.08. The summed E-state index contributed by atoms with van der Waals surface area (Å²) in [7, 11) is -4.11. The topological polar surface area (TPSA) is 77.4 Å². The van der Waals surface area contributed by atoms with E-state index in [0.717, 1.165) is 19.3 Å². The molecule has 0 aliphatic heterocycles. The number of aliphatic hydroxyl groups excluding tert-OH is 1. The van der Waals surface area contributed by atoms with Gasteiger partial charge >= 0.3 is 51.4 Å². The van der Waals surface area contributed by atoms with E-state index in [2.05, 4.69) is 6.92 Å². The Balaban J connectivity index is 0. The average molecular weight is 262 g/mol. The van der Waals surface area contributed by atoms with Gasteiger partial charge in [-0.25, -0.2) is 8.42 Å². The van der Waals surface area contributed by atoms with E-state index in [4.69, 9.17) is 0 Å². The van der Waals surface area contributed by atoms with E-state index in [0.29, 0.717) is 12.8 Å². The number of hydrogen-bond acceptors (Lipinski definition) is 4. The van der Waals surface area contributed by atoms with Crippen LogP contribution in [0.2, 0.25) is 0 Å². The minimum atomic E-state index is -4.11. The molecule has 0 rings (SSSR count). The summed E-state index contributed by atoms with van der Waals surface area (Å²) in [5.74, 6) is -0.363. The van der Waals surface area contributed by atoms with Crippen molar-refractivity contribution in [3.63, 3.8) is 0 Å². The molecule has 4 nitrogen and oxygen atoms in total. The molecule has 0 amide bonds. The van der Waals surface area contributed by atoms with Gasteiger partial charge in [0.25, 0.3) is 0 Å². The van der Waals surface area contributed by atoms with Gasteiger partial charge in [-0.1, -0.05) is 26.2 Å². The first-order chi connectivity index (χ1) is 6.45. The minimum absolute atomic E-state index is 0. The van der Waals surface area contributed by atoms with Gasteiger partial charge in [-0.2, -0.15) is 0 Å². The largest absolute Gasteiger partial charge is 1.00 e. The predicted octanol–water partition coefficient (Wildman–Crippen LogP) is -1.74. The molecule has 0 aliphatic carbocycles. The summed E-state index contributed by atoms with van der Waals surface area (Å²) in [6.07, 6.45) is 4.06. The number of rotatable bonds is 8. The summed E-state index contributed by atoms with van der Waals surface area (Å²) in [4.78, 5) is 0. The number of aliphatic hydroxyl groups is 1. The number of hydrogen-bond donors (Lipinski definition) is 1.